The van der Waals surface area contributed by atoms with Gasteiger partial charge >= 0.3 is 5.97 Å². The molecule has 0 spiro atoms. The number of benzene rings is 1. The first-order valence-electron chi connectivity index (χ1n) is 5.44. The lowest BCUT2D eigenvalue weighted by atomic mass is 10.0. The van der Waals surface area contributed by atoms with E-state index in [-0.39, 0.29) is 19.0 Å². The van der Waals surface area contributed by atoms with Crippen molar-refractivity contribution >= 4 is 11.8 Å². The molecular formula is C12H13NO5. The van der Waals surface area contributed by atoms with E-state index in [1.807, 2.05) is 0 Å². The predicted molar refractivity (Wildman–Crippen MR) is 62.0 cm³/mol. The van der Waals surface area contributed by atoms with Gasteiger partial charge in [0.2, 0.25) is 6.79 Å². The molecule has 6 heteroatoms. The second-order valence-corrected chi connectivity index (χ2v) is 3.87. The number of hydrogen-bond acceptors (Lipinski definition) is 5. The van der Waals surface area contributed by atoms with E-state index in [1.54, 1.807) is 25.2 Å². The zero-order chi connectivity index (χ0) is 13.1. The first-order valence-corrected chi connectivity index (χ1v) is 5.44. The maximum absolute atomic E-state index is 12.1. The number of hydrogen-bond donors (Lipinski definition) is 2. The van der Waals surface area contributed by atoms with E-state index in [9.17, 15) is 9.59 Å². The number of Topliss-reactive ketones (excluding diaryl/α,β-unsaturated/α-hetero) is 1. The zero-order valence-corrected chi connectivity index (χ0v) is 9.80. The molecule has 2 N–H and O–H groups in total. The average molecular weight is 251 g/mol. The van der Waals surface area contributed by atoms with Crippen molar-refractivity contribution in [1.29, 1.82) is 0 Å². The fourth-order valence-electron chi connectivity index (χ4n) is 1.75. The Morgan fingerprint density at radius 1 is 1.39 bits per heavy atom. The maximum Gasteiger partial charge on any atom is 0.305 e. The highest BCUT2D eigenvalue weighted by Crippen LogP contribution is 2.32. The van der Waals surface area contributed by atoms with Crippen molar-refractivity contribution in [2.75, 3.05) is 13.8 Å². The highest BCUT2D eigenvalue weighted by atomic mass is 16.7. The molecule has 0 aliphatic carbocycles. The van der Waals surface area contributed by atoms with E-state index >= 15 is 0 Å². The molecule has 0 saturated carbocycles. The van der Waals surface area contributed by atoms with Crippen LogP contribution < -0.4 is 14.8 Å². The highest BCUT2D eigenvalue weighted by molar-refractivity contribution is 6.02. The zero-order valence-electron chi connectivity index (χ0n) is 9.80. The van der Waals surface area contributed by atoms with Gasteiger partial charge in [0.05, 0.1) is 12.5 Å². The molecule has 0 bridgehead atoms. The summed E-state index contributed by atoms with van der Waals surface area (Å²) in [7, 11) is 1.55. The topological polar surface area (TPSA) is 84.9 Å². The molecule has 1 unspecified atom stereocenters. The SMILES string of the molecule is CNC(CC(=O)O)C(=O)c1ccc2c(c1)OCO2. The first-order chi connectivity index (χ1) is 8.61. The Hall–Kier alpha value is -2.08. The van der Waals surface area contributed by atoms with E-state index in [1.165, 1.54) is 0 Å². The number of fused-ring (bicyclic) bond motifs is 1. The number of carbonyl (C=O) groups is 2. The summed E-state index contributed by atoms with van der Waals surface area (Å²) in [5.41, 5.74) is 0.403. The van der Waals surface area contributed by atoms with Gasteiger partial charge in [0.1, 0.15) is 0 Å². The van der Waals surface area contributed by atoms with Gasteiger partial charge < -0.3 is 19.9 Å². The van der Waals surface area contributed by atoms with Crippen LogP contribution in [0, 0.1) is 0 Å². The summed E-state index contributed by atoms with van der Waals surface area (Å²) >= 11 is 0. The quantitative estimate of drug-likeness (QED) is 0.748. The predicted octanol–water partition coefficient (Wildman–Crippen LogP) is 0.661. The molecule has 0 saturated heterocycles. The van der Waals surface area contributed by atoms with E-state index < -0.39 is 12.0 Å². The third-order valence-corrected chi connectivity index (χ3v) is 2.70. The number of aliphatic carboxylic acids is 1. The van der Waals surface area contributed by atoms with Crippen LogP contribution in [-0.4, -0.2) is 36.7 Å². The standard InChI is InChI=1S/C12H13NO5/c1-13-8(5-11(14)15)12(16)7-2-3-9-10(4-7)18-6-17-9/h2-4,8,13H,5-6H2,1H3,(H,14,15). The lowest BCUT2D eigenvalue weighted by Crippen LogP contribution is -2.36. The van der Waals surface area contributed by atoms with Gasteiger partial charge in [0.15, 0.2) is 17.3 Å². The fraction of sp³-hybridized carbons (Fsp3) is 0.333. The van der Waals surface area contributed by atoms with E-state index in [4.69, 9.17) is 14.6 Å². The van der Waals surface area contributed by atoms with Crippen LogP contribution in [0.3, 0.4) is 0 Å². The second kappa shape index (κ2) is 5.05. The monoisotopic (exact) mass is 251 g/mol. The summed E-state index contributed by atoms with van der Waals surface area (Å²) in [5.74, 6) is -0.210. The van der Waals surface area contributed by atoms with E-state index in [0.29, 0.717) is 17.1 Å². The van der Waals surface area contributed by atoms with Crippen molar-refractivity contribution in [3.8, 4) is 11.5 Å². The number of rotatable bonds is 5. The molecule has 2 rings (SSSR count). The summed E-state index contributed by atoms with van der Waals surface area (Å²) < 4.78 is 10.3. The second-order valence-electron chi connectivity index (χ2n) is 3.87. The molecule has 96 valence electrons. The highest BCUT2D eigenvalue weighted by Gasteiger charge is 2.23. The number of nitrogens with one attached hydrogen (secondary N) is 1. The third-order valence-electron chi connectivity index (χ3n) is 2.70. The van der Waals surface area contributed by atoms with Crippen LogP contribution in [0.15, 0.2) is 18.2 Å². The van der Waals surface area contributed by atoms with Crippen LogP contribution >= 0.6 is 0 Å². The fourth-order valence-corrected chi connectivity index (χ4v) is 1.75. The molecule has 1 heterocycles. The summed E-state index contributed by atoms with van der Waals surface area (Å²) in [6, 6.07) is 4.06. The Labute approximate surface area is 104 Å². The van der Waals surface area contributed by atoms with Gasteiger partial charge in [-0.3, -0.25) is 9.59 Å². The molecule has 1 aromatic carbocycles. The van der Waals surface area contributed by atoms with Gasteiger partial charge in [0, 0.05) is 5.56 Å². The molecule has 6 nitrogen and oxygen atoms in total. The molecule has 0 radical (unpaired) electrons. The summed E-state index contributed by atoms with van der Waals surface area (Å²) in [4.78, 5) is 22.7. The van der Waals surface area contributed by atoms with Gasteiger partial charge in [-0.2, -0.15) is 0 Å². The minimum absolute atomic E-state index is 0.136. The molecule has 1 aliphatic rings. The lowest BCUT2D eigenvalue weighted by Gasteiger charge is -2.12. The summed E-state index contributed by atoms with van der Waals surface area (Å²) in [6.45, 7) is 0.136. The summed E-state index contributed by atoms with van der Waals surface area (Å²) in [6.07, 6.45) is -0.260. The average Bonchev–Trinajstić information content (AvgIpc) is 2.81. The largest absolute Gasteiger partial charge is 0.481 e. The van der Waals surface area contributed by atoms with Crippen LogP contribution in [-0.2, 0) is 4.79 Å². The Morgan fingerprint density at radius 3 is 2.78 bits per heavy atom. The van der Waals surface area contributed by atoms with Crippen LogP contribution in [0.2, 0.25) is 0 Å². The van der Waals surface area contributed by atoms with Crippen molar-refractivity contribution in [2.45, 2.75) is 12.5 Å². The molecule has 0 fully saturated rings. The van der Waals surface area contributed by atoms with Gasteiger partial charge in [-0.25, -0.2) is 0 Å². The first kappa shape index (κ1) is 12.4. The Morgan fingerprint density at radius 2 is 2.11 bits per heavy atom. The molecule has 0 amide bonds. The van der Waals surface area contributed by atoms with Gasteiger partial charge in [-0.05, 0) is 25.2 Å². The number of carboxylic acid groups (broad SMARTS) is 1. The van der Waals surface area contributed by atoms with Gasteiger partial charge in [-0.15, -0.1) is 0 Å². The number of ketones is 1. The number of likely N-dealkylation sites (N-methyl/N-ethyl adjacent to an activating group) is 1. The minimum atomic E-state index is -1.02. The lowest BCUT2D eigenvalue weighted by molar-refractivity contribution is -0.137. The van der Waals surface area contributed by atoms with E-state index in [2.05, 4.69) is 5.32 Å². The van der Waals surface area contributed by atoms with Crippen molar-refractivity contribution in [3.05, 3.63) is 23.8 Å². The van der Waals surface area contributed by atoms with Crippen LogP contribution in [0.4, 0.5) is 0 Å². The Bertz CT molecular complexity index is 485. The number of carbonyl (C=O) groups excluding carboxylic acids is 1. The summed E-state index contributed by atoms with van der Waals surface area (Å²) in [5, 5.41) is 11.4. The van der Waals surface area contributed by atoms with Crippen molar-refractivity contribution in [1.82, 2.24) is 5.32 Å². The van der Waals surface area contributed by atoms with Gasteiger partial charge in [-0.1, -0.05) is 0 Å². The van der Waals surface area contributed by atoms with Crippen molar-refractivity contribution < 1.29 is 24.2 Å². The molecule has 18 heavy (non-hydrogen) atoms. The van der Waals surface area contributed by atoms with Crippen molar-refractivity contribution in [3.63, 3.8) is 0 Å². The van der Waals surface area contributed by atoms with E-state index in [0.717, 1.165) is 0 Å². The smallest absolute Gasteiger partial charge is 0.305 e. The van der Waals surface area contributed by atoms with Crippen LogP contribution in [0.5, 0.6) is 11.5 Å². The van der Waals surface area contributed by atoms with Crippen LogP contribution in [0.25, 0.3) is 0 Å². The minimum Gasteiger partial charge on any atom is -0.481 e. The van der Waals surface area contributed by atoms with Crippen molar-refractivity contribution in [2.24, 2.45) is 0 Å². The number of carboxylic acids is 1. The Balaban J connectivity index is 2.19. The molecular weight excluding hydrogens is 238 g/mol. The molecule has 1 aliphatic heterocycles. The van der Waals surface area contributed by atoms with Crippen LogP contribution in [0.1, 0.15) is 16.8 Å². The normalized spacial score (nSPS) is 14.3. The van der Waals surface area contributed by atoms with Gasteiger partial charge in [0.25, 0.3) is 0 Å². The third kappa shape index (κ3) is 2.43. The molecule has 0 aromatic heterocycles. The molecule has 1 aromatic rings. The number of ether oxygens (including phenoxy) is 2. The Kier molecular flexibility index (Phi) is 3.47. The molecule has 1 atom stereocenters. The maximum atomic E-state index is 12.1.